The summed E-state index contributed by atoms with van der Waals surface area (Å²) in [5.74, 6) is -2.03. The maximum Gasteiger partial charge on any atom is 0.326 e. The fourth-order valence-corrected chi connectivity index (χ4v) is 4.64. The van der Waals surface area contributed by atoms with E-state index in [0.717, 1.165) is 5.75 Å². The van der Waals surface area contributed by atoms with Gasteiger partial charge in [0.2, 0.25) is 17.7 Å². The predicted molar refractivity (Wildman–Crippen MR) is 113 cm³/mol. The molecule has 2 aliphatic rings. The first kappa shape index (κ1) is 23.8. The van der Waals surface area contributed by atoms with Gasteiger partial charge >= 0.3 is 5.97 Å². The van der Waals surface area contributed by atoms with Crippen LogP contribution in [0.3, 0.4) is 0 Å². The van der Waals surface area contributed by atoms with Gasteiger partial charge in [-0.25, -0.2) is 0 Å². The molecule has 2 rings (SSSR count). The summed E-state index contributed by atoms with van der Waals surface area (Å²) in [7, 11) is 2.92. The fraction of sp³-hybridized carbons (Fsp3) is 0.500. The van der Waals surface area contributed by atoms with Gasteiger partial charge in [-0.1, -0.05) is 33.7 Å². The van der Waals surface area contributed by atoms with Crippen LogP contribution in [-0.2, 0) is 28.7 Å². The number of esters is 1. The van der Waals surface area contributed by atoms with Gasteiger partial charge in [0.25, 0.3) is 5.91 Å². The lowest BCUT2D eigenvalue weighted by Gasteiger charge is -2.20. The second-order valence-corrected chi connectivity index (χ2v) is 8.95. The fourth-order valence-electron chi connectivity index (χ4n) is 2.49. The van der Waals surface area contributed by atoms with Crippen molar-refractivity contribution in [2.75, 3.05) is 24.6 Å². The first-order valence-electron chi connectivity index (χ1n) is 9.31. The van der Waals surface area contributed by atoms with Crippen LogP contribution in [0.25, 0.3) is 0 Å². The number of nitrogens with one attached hydrogen (secondary N) is 4. The molecule has 2 bridgehead atoms. The van der Waals surface area contributed by atoms with E-state index in [4.69, 9.17) is 4.74 Å². The van der Waals surface area contributed by atoms with Gasteiger partial charge in [0, 0.05) is 11.5 Å². The highest BCUT2D eigenvalue weighted by Crippen LogP contribution is 2.23. The van der Waals surface area contributed by atoms with Crippen molar-refractivity contribution in [3.8, 4) is 0 Å². The van der Waals surface area contributed by atoms with Crippen molar-refractivity contribution in [1.82, 2.24) is 21.3 Å². The van der Waals surface area contributed by atoms with Crippen molar-refractivity contribution in [1.29, 1.82) is 0 Å². The number of fused-ring (bicyclic) bond motifs is 7. The third-order valence-electron chi connectivity index (χ3n) is 3.99. The van der Waals surface area contributed by atoms with Gasteiger partial charge in [-0.15, -0.1) is 0 Å². The number of hydrogen-bond donors (Lipinski definition) is 4. The van der Waals surface area contributed by atoms with E-state index in [2.05, 4.69) is 21.3 Å². The van der Waals surface area contributed by atoms with E-state index in [1.54, 1.807) is 19.1 Å². The number of rotatable bonds is 0. The lowest BCUT2D eigenvalue weighted by atomic mass is 10.2. The molecule has 2 aliphatic heterocycles. The number of carbonyl (C=O) groups is 5. The highest BCUT2D eigenvalue weighted by Gasteiger charge is 2.25. The third kappa shape index (κ3) is 8.11. The molecule has 1 fully saturated rings. The van der Waals surface area contributed by atoms with E-state index in [0.29, 0.717) is 6.42 Å². The molecule has 2 heterocycles. The van der Waals surface area contributed by atoms with Crippen LogP contribution in [0.1, 0.15) is 19.8 Å². The molecule has 0 aromatic heterocycles. The summed E-state index contributed by atoms with van der Waals surface area (Å²) in [6, 6.07) is -0.916. The molecular weight excluding hydrogens is 432 g/mol. The molecule has 30 heavy (non-hydrogen) atoms. The maximum atomic E-state index is 12.7. The highest BCUT2D eigenvalue weighted by atomic mass is 33.1. The standard InChI is InChI=1S/C18H24N4O6S2/c1-2-12-17(26)20-9-16(25)28-11-5-3-4-6-29-30-10-13(18(27)22-12)21-15(24)8-19-14(23)7-11/h2-3,5,11,13H,4,6-10H2,1H3,(H,19,23)(H,20,26)(H,21,24)(H,22,27)/b5-3+,12-2-/t11-,13-/m1/s1. The van der Waals surface area contributed by atoms with Gasteiger partial charge in [0.15, 0.2) is 0 Å². The van der Waals surface area contributed by atoms with Crippen molar-refractivity contribution >= 4 is 51.2 Å². The van der Waals surface area contributed by atoms with Crippen LogP contribution in [0, 0.1) is 0 Å². The summed E-state index contributed by atoms with van der Waals surface area (Å²) in [6.45, 7) is 0.800. The van der Waals surface area contributed by atoms with Crippen molar-refractivity contribution < 1.29 is 28.7 Å². The summed E-state index contributed by atoms with van der Waals surface area (Å²) in [5.41, 5.74) is -0.0501. The van der Waals surface area contributed by atoms with Crippen molar-refractivity contribution in [3.05, 3.63) is 23.9 Å². The Morgan fingerprint density at radius 1 is 1.07 bits per heavy atom. The number of carbonyl (C=O) groups excluding carboxylic acids is 5. The molecule has 0 aliphatic carbocycles. The van der Waals surface area contributed by atoms with Crippen LogP contribution in [0.5, 0.6) is 0 Å². The summed E-state index contributed by atoms with van der Waals surface area (Å²) in [4.78, 5) is 61.5. The molecule has 0 spiro atoms. The Balaban J connectivity index is 2.33. The summed E-state index contributed by atoms with van der Waals surface area (Å²) >= 11 is 0. The van der Waals surface area contributed by atoms with Gasteiger partial charge in [0.05, 0.1) is 13.0 Å². The number of ether oxygens (including phenoxy) is 1. The zero-order valence-corrected chi connectivity index (χ0v) is 18.0. The molecule has 12 heteroatoms. The van der Waals surface area contributed by atoms with Crippen molar-refractivity contribution in [3.63, 3.8) is 0 Å². The van der Waals surface area contributed by atoms with Crippen LogP contribution in [0.15, 0.2) is 23.9 Å². The molecule has 0 unspecified atom stereocenters. The molecule has 0 aromatic rings. The van der Waals surface area contributed by atoms with Gasteiger partial charge in [-0.3, -0.25) is 24.0 Å². The smallest absolute Gasteiger partial charge is 0.326 e. The zero-order valence-electron chi connectivity index (χ0n) is 16.4. The minimum atomic E-state index is -0.916. The number of hydrogen-bond acceptors (Lipinski definition) is 8. The zero-order chi connectivity index (χ0) is 21.9. The molecule has 0 saturated carbocycles. The average molecular weight is 457 g/mol. The number of amides is 4. The molecule has 2 atom stereocenters. The van der Waals surface area contributed by atoms with E-state index >= 15 is 0 Å². The minimum Gasteiger partial charge on any atom is -0.456 e. The van der Waals surface area contributed by atoms with E-state index < -0.39 is 48.3 Å². The Labute approximate surface area is 181 Å². The van der Waals surface area contributed by atoms with Crippen LogP contribution in [0.2, 0.25) is 0 Å². The van der Waals surface area contributed by atoms with E-state index in [1.165, 1.54) is 27.7 Å². The van der Waals surface area contributed by atoms with E-state index in [9.17, 15) is 24.0 Å². The second-order valence-electron chi connectivity index (χ2n) is 6.33. The second kappa shape index (κ2) is 12.3. The topological polar surface area (TPSA) is 143 Å². The number of allylic oxidation sites excluding steroid dienone is 2. The quantitative estimate of drug-likeness (QED) is 0.163. The van der Waals surface area contributed by atoms with Crippen molar-refractivity contribution in [2.24, 2.45) is 0 Å². The predicted octanol–water partition coefficient (Wildman–Crippen LogP) is -0.620. The molecular formula is C18H24N4O6S2. The first-order chi connectivity index (χ1) is 14.4. The van der Waals surface area contributed by atoms with Crippen molar-refractivity contribution in [2.45, 2.75) is 31.9 Å². The monoisotopic (exact) mass is 456 g/mol. The molecule has 4 amide bonds. The lowest BCUT2D eigenvalue weighted by Crippen LogP contribution is -2.52. The Morgan fingerprint density at radius 2 is 1.87 bits per heavy atom. The summed E-state index contributed by atoms with van der Waals surface area (Å²) in [5, 5.41) is 9.88. The van der Waals surface area contributed by atoms with Crippen LogP contribution >= 0.6 is 21.6 Å². The molecule has 0 radical (unpaired) electrons. The van der Waals surface area contributed by atoms with Crippen LogP contribution in [-0.4, -0.2) is 66.3 Å². The summed E-state index contributed by atoms with van der Waals surface area (Å²) < 4.78 is 5.28. The lowest BCUT2D eigenvalue weighted by molar-refractivity contribution is -0.148. The van der Waals surface area contributed by atoms with E-state index in [1.807, 2.05) is 0 Å². The molecule has 164 valence electrons. The summed E-state index contributed by atoms with van der Waals surface area (Å²) in [6.07, 6.45) is 4.48. The average Bonchev–Trinajstić information content (AvgIpc) is 2.71. The SMILES string of the molecule is C/C=C1\NC(=O)[C@H]2CSSCC/C=C/[C@H](CC(=O)NCC(=O)N2)OC(=O)CNC1=O. The largest absolute Gasteiger partial charge is 0.456 e. The maximum absolute atomic E-state index is 12.7. The van der Waals surface area contributed by atoms with E-state index in [-0.39, 0.29) is 24.4 Å². The molecule has 10 nitrogen and oxygen atoms in total. The van der Waals surface area contributed by atoms with Gasteiger partial charge < -0.3 is 26.0 Å². The molecule has 0 aromatic carbocycles. The Morgan fingerprint density at radius 3 is 2.63 bits per heavy atom. The highest BCUT2D eigenvalue weighted by molar-refractivity contribution is 8.76. The van der Waals surface area contributed by atoms with Gasteiger partial charge in [0.1, 0.15) is 24.4 Å². The van der Waals surface area contributed by atoms with Gasteiger partial charge in [-0.2, -0.15) is 0 Å². The Kier molecular flexibility index (Phi) is 9.74. The third-order valence-corrected chi connectivity index (χ3v) is 6.44. The van der Waals surface area contributed by atoms with Gasteiger partial charge in [-0.05, 0) is 19.4 Å². The molecule has 4 N–H and O–H groups in total. The van der Waals surface area contributed by atoms with Crippen LogP contribution < -0.4 is 21.3 Å². The first-order valence-corrected chi connectivity index (χ1v) is 11.8. The molecule has 1 saturated heterocycles. The Hall–Kier alpha value is -2.47. The minimum absolute atomic E-state index is 0.0501. The van der Waals surface area contributed by atoms with Crippen LogP contribution in [0.4, 0.5) is 0 Å². The normalized spacial score (nSPS) is 27.8. The Bertz CT molecular complexity index is 755.